The highest BCUT2D eigenvalue weighted by molar-refractivity contribution is 6.59. The molecule has 164 valence electrons. The van der Waals surface area contributed by atoms with Gasteiger partial charge < -0.3 is 14.8 Å². The monoisotopic (exact) mass is 447 g/mol. The summed E-state index contributed by atoms with van der Waals surface area (Å²) >= 11 is 0. The van der Waals surface area contributed by atoms with Crippen molar-refractivity contribution in [2.45, 2.75) is 12.7 Å². The Bertz CT molecular complexity index is 1270. The van der Waals surface area contributed by atoms with Gasteiger partial charge in [0.1, 0.15) is 5.75 Å². The molecule has 32 heavy (non-hydrogen) atoms. The van der Waals surface area contributed by atoms with Crippen molar-refractivity contribution in [2.75, 3.05) is 6.61 Å². The second-order valence-corrected chi connectivity index (χ2v) is 6.96. The van der Waals surface area contributed by atoms with Crippen LogP contribution in [0, 0.1) is 0 Å². The molecule has 0 spiro atoms. The zero-order valence-corrected chi connectivity index (χ0v) is 16.0. The van der Waals surface area contributed by atoms with Crippen molar-refractivity contribution in [1.29, 1.82) is 0 Å². The van der Waals surface area contributed by atoms with Crippen LogP contribution in [0.3, 0.4) is 0 Å². The Morgan fingerprint density at radius 2 is 1.69 bits per heavy atom. The van der Waals surface area contributed by atoms with Crippen LogP contribution in [-0.2, 0) is 6.54 Å². The number of rotatable bonds is 5. The molecule has 3 N–H and O–H groups in total. The maximum atomic E-state index is 12.7. The summed E-state index contributed by atoms with van der Waals surface area (Å²) in [6, 6.07) is 8.12. The molecule has 3 aromatic rings. The lowest BCUT2D eigenvalue weighted by Gasteiger charge is -2.17. The molecule has 0 aliphatic carbocycles. The zero-order chi connectivity index (χ0) is 23.2. The molecule has 0 saturated heterocycles. The maximum Gasteiger partial charge on any atom is 0.488 e. The van der Waals surface area contributed by atoms with Gasteiger partial charge in [0.2, 0.25) is 0 Å². The number of hydrogen-bond acceptors (Lipinski definition) is 7. The van der Waals surface area contributed by atoms with E-state index >= 15 is 0 Å². The highest BCUT2D eigenvalue weighted by Crippen LogP contribution is 2.28. The molecule has 0 fully saturated rings. The van der Waals surface area contributed by atoms with Gasteiger partial charge in [-0.3, -0.25) is 19.3 Å². The first-order valence-corrected chi connectivity index (χ1v) is 9.13. The molecule has 9 nitrogen and oxygen atoms in total. The second kappa shape index (κ2) is 7.77. The van der Waals surface area contributed by atoms with Crippen LogP contribution in [0.5, 0.6) is 5.75 Å². The number of hydrogen-bond donors (Lipinski definition) is 3. The number of benzene rings is 2. The summed E-state index contributed by atoms with van der Waals surface area (Å²) in [4.78, 5) is 38.5. The van der Waals surface area contributed by atoms with Crippen LogP contribution in [0.25, 0.3) is 10.8 Å². The SMILES string of the molecule is O=C1c2ccccc2C(=O)N1Cc1n[nH]c(=O)c2c(OCC(F)(F)F)cc(B(O)O)cc12. The maximum absolute atomic E-state index is 12.7. The molecule has 2 heterocycles. The molecule has 0 saturated carbocycles. The molecule has 1 aromatic heterocycles. The summed E-state index contributed by atoms with van der Waals surface area (Å²) < 4.78 is 42.7. The molecule has 2 aromatic carbocycles. The lowest BCUT2D eigenvalue weighted by molar-refractivity contribution is -0.153. The summed E-state index contributed by atoms with van der Waals surface area (Å²) in [6.45, 7) is -2.16. The molecule has 4 rings (SSSR count). The summed E-state index contributed by atoms with van der Waals surface area (Å²) in [5.74, 6) is -1.78. The third-order valence-electron chi connectivity index (χ3n) is 4.83. The Kier molecular flexibility index (Phi) is 5.22. The van der Waals surface area contributed by atoms with Crippen molar-refractivity contribution in [3.8, 4) is 5.75 Å². The predicted octanol–water partition coefficient (Wildman–Crippen LogP) is 0.340. The fraction of sp³-hybridized carbons (Fsp3) is 0.158. The molecule has 13 heteroatoms. The van der Waals surface area contributed by atoms with Crippen LogP contribution in [0.1, 0.15) is 26.4 Å². The average Bonchev–Trinajstić information content (AvgIpc) is 2.98. The summed E-state index contributed by atoms with van der Waals surface area (Å²) in [5, 5.41) is 24.6. The molecular formula is C19H13BF3N3O6. The van der Waals surface area contributed by atoms with Crippen LogP contribution in [-0.4, -0.2) is 56.9 Å². The largest absolute Gasteiger partial charge is 0.488 e. The highest BCUT2D eigenvalue weighted by Gasteiger charge is 2.36. The summed E-state index contributed by atoms with van der Waals surface area (Å²) in [7, 11) is -2.10. The molecule has 0 unspecified atom stereocenters. The number of H-pyrrole nitrogens is 1. The Morgan fingerprint density at radius 1 is 1.06 bits per heavy atom. The minimum absolute atomic E-state index is 0.0616. The van der Waals surface area contributed by atoms with Crippen molar-refractivity contribution in [2.24, 2.45) is 0 Å². The van der Waals surface area contributed by atoms with Gasteiger partial charge >= 0.3 is 13.3 Å². The van der Waals surface area contributed by atoms with E-state index in [2.05, 4.69) is 10.2 Å². The van der Waals surface area contributed by atoms with Crippen molar-refractivity contribution < 1.29 is 37.5 Å². The van der Waals surface area contributed by atoms with E-state index in [9.17, 15) is 37.6 Å². The Morgan fingerprint density at radius 3 is 2.25 bits per heavy atom. The number of nitrogens with one attached hydrogen (secondary N) is 1. The molecular weight excluding hydrogens is 434 g/mol. The van der Waals surface area contributed by atoms with Gasteiger partial charge in [-0.25, -0.2) is 5.10 Å². The van der Waals surface area contributed by atoms with Crippen LogP contribution in [0.2, 0.25) is 0 Å². The quantitative estimate of drug-likeness (QED) is 0.380. The first-order valence-electron chi connectivity index (χ1n) is 9.13. The number of halogens is 3. The molecule has 2 amide bonds. The Balaban J connectivity index is 1.82. The molecule has 1 aliphatic rings. The third-order valence-corrected chi connectivity index (χ3v) is 4.83. The molecule has 0 radical (unpaired) electrons. The predicted molar refractivity (Wildman–Crippen MR) is 104 cm³/mol. The van der Waals surface area contributed by atoms with Crippen LogP contribution < -0.4 is 15.8 Å². The minimum Gasteiger partial charge on any atom is -0.483 e. The van der Waals surface area contributed by atoms with Gasteiger partial charge in [-0.05, 0) is 23.7 Å². The number of alkyl halides is 3. The standard InChI is InChI=1S/C19H13BF3N3O6/c21-19(22,23)8-32-14-6-9(20(30)31)5-12-13(24-25-16(27)15(12)14)7-26-17(28)10-3-1-2-4-11(10)18(26)29/h1-6,30-31H,7-8H2,(H,25,27). The number of aromatic amines is 1. The third kappa shape index (κ3) is 3.83. The number of imide groups is 1. The fourth-order valence-corrected chi connectivity index (χ4v) is 3.41. The van der Waals surface area contributed by atoms with Gasteiger partial charge in [-0.1, -0.05) is 18.2 Å². The number of amides is 2. The van der Waals surface area contributed by atoms with Gasteiger partial charge in [-0.2, -0.15) is 18.3 Å². The number of carbonyl (C=O) groups is 2. The average molecular weight is 447 g/mol. The van der Waals surface area contributed by atoms with Crippen molar-refractivity contribution in [3.05, 3.63) is 63.6 Å². The Labute approximate surface area is 177 Å². The minimum atomic E-state index is -4.72. The topological polar surface area (TPSA) is 133 Å². The van der Waals surface area contributed by atoms with Gasteiger partial charge in [-0.15, -0.1) is 0 Å². The lowest BCUT2D eigenvalue weighted by atomic mass is 9.79. The summed E-state index contributed by atoms with van der Waals surface area (Å²) in [6.07, 6.45) is -4.72. The summed E-state index contributed by atoms with van der Waals surface area (Å²) in [5.41, 5.74) is -0.889. The first kappa shape index (κ1) is 21.5. The van der Waals surface area contributed by atoms with Gasteiger partial charge in [0.25, 0.3) is 17.4 Å². The number of ether oxygens (including phenoxy) is 1. The van der Waals surface area contributed by atoms with Crippen molar-refractivity contribution in [3.63, 3.8) is 0 Å². The molecule has 0 bridgehead atoms. The van der Waals surface area contributed by atoms with E-state index in [1.54, 1.807) is 12.1 Å². The van der Waals surface area contributed by atoms with Gasteiger partial charge in [0, 0.05) is 5.39 Å². The number of fused-ring (bicyclic) bond motifs is 2. The van der Waals surface area contributed by atoms with Crippen LogP contribution in [0.4, 0.5) is 13.2 Å². The van der Waals surface area contributed by atoms with E-state index in [-0.39, 0.29) is 33.1 Å². The number of carbonyl (C=O) groups excluding carboxylic acids is 2. The van der Waals surface area contributed by atoms with Gasteiger partial charge in [0.05, 0.1) is 28.8 Å². The van der Waals surface area contributed by atoms with Gasteiger partial charge in [0.15, 0.2) is 6.61 Å². The van der Waals surface area contributed by atoms with E-state index in [0.717, 1.165) is 17.0 Å². The van der Waals surface area contributed by atoms with E-state index in [1.165, 1.54) is 12.1 Å². The fourth-order valence-electron chi connectivity index (χ4n) is 3.41. The van der Waals surface area contributed by atoms with E-state index in [1.807, 2.05) is 0 Å². The van der Waals surface area contributed by atoms with Crippen molar-refractivity contribution in [1.82, 2.24) is 15.1 Å². The number of nitrogens with zero attached hydrogens (tertiary/aromatic N) is 2. The van der Waals surface area contributed by atoms with E-state index in [4.69, 9.17) is 4.74 Å². The lowest BCUT2D eigenvalue weighted by Crippen LogP contribution is -2.32. The Hall–Kier alpha value is -3.71. The smallest absolute Gasteiger partial charge is 0.483 e. The van der Waals surface area contributed by atoms with Crippen LogP contribution >= 0.6 is 0 Å². The van der Waals surface area contributed by atoms with Crippen LogP contribution in [0.15, 0.2) is 41.2 Å². The van der Waals surface area contributed by atoms with Crippen molar-refractivity contribution >= 4 is 35.2 Å². The van der Waals surface area contributed by atoms with E-state index < -0.39 is 49.6 Å². The normalized spacial score (nSPS) is 13.6. The zero-order valence-electron chi connectivity index (χ0n) is 16.0. The molecule has 1 aliphatic heterocycles. The second-order valence-electron chi connectivity index (χ2n) is 6.96. The van der Waals surface area contributed by atoms with E-state index in [0.29, 0.717) is 0 Å². The number of aromatic nitrogens is 2. The molecule has 0 atom stereocenters. The highest BCUT2D eigenvalue weighted by atomic mass is 19.4. The first-order chi connectivity index (χ1) is 15.1.